The molecule has 1 saturated heterocycles. The van der Waals surface area contributed by atoms with Gasteiger partial charge in [0.2, 0.25) is 5.91 Å². The van der Waals surface area contributed by atoms with Gasteiger partial charge < -0.3 is 4.90 Å². The lowest BCUT2D eigenvalue weighted by Crippen LogP contribution is -2.38. The molecule has 1 aromatic carbocycles. The van der Waals surface area contributed by atoms with Gasteiger partial charge in [0, 0.05) is 40.2 Å². The number of rotatable bonds is 6. The maximum absolute atomic E-state index is 12.0. The molecule has 1 heterocycles. The van der Waals surface area contributed by atoms with Gasteiger partial charge in [-0.3, -0.25) is 4.79 Å². The Morgan fingerprint density at radius 3 is 2.57 bits per heavy atom. The summed E-state index contributed by atoms with van der Waals surface area (Å²) in [5, 5.41) is 0. The van der Waals surface area contributed by atoms with E-state index in [2.05, 4.69) is 4.72 Å². The second-order valence-corrected chi connectivity index (χ2v) is 7.44. The summed E-state index contributed by atoms with van der Waals surface area (Å²) in [6, 6.07) is 9.79. The van der Waals surface area contributed by atoms with Gasteiger partial charge in [0.1, 0.15) is 0 Å². The van der Waals surface area contributed by atoms with Gasteiger partial charge in [-0.1, -0.05) is 30.3 Å². The fourth-order valence-corrected chi connectivity index (χ4v) is 3.00. The first-order chi connectivity index (χ1) is 9.88. The topological polar surface area (TPSA) is 69.7 Å². The predicted molar refractivity (Wildman–Crippen MR) is 80.6 cm³/mol. The summed E-state index contributed by atoms with van der Waals surface area (Å²) in [4.78, 5) is 13.8. The molecule has 1 amide bonds. The summed E-state index contributed by atoms with van der Waals surface area (Å²) >= 11 is 0. The minimum absolute atomic E-state index is 0.0240. The number of hydrogen-bond acceptors (Lipinski definition) is 3. The van der Waals surface area contributed by atoms with Gasteiger partial charge in [-0.15, -0.1) is 0 Å². The molecule has 1 aromatic rings. The van der Waals surface area contributed by atoms with Crippen molar-refractivity contribution in [3.63, 3.8) is 0 Å². The Kier molecular flexibility index (Phi) is 4.97. The lowest BCUT2D eigenvalue weighted by atomic mass is 10.1. The number of benzene rings is 1. The quantitative estimate of drug-likeness (QED) is 0.828. The Bertz CT molecular complexity index is 587. The molecule has 1 fully saturated rings. The number of carbonyl (C=O) groups is 1. The molecule has 0 radical (unpaired) electrons. The van der Waals surface area contributed by atoms with E-state index in [9.17, 15) is 13.2 Å². The number of hydrogen-bond donors (Lipinski definition) is 1. The van der Waals surface area contributed by atoms with Crippen molar-refractivity contribution in [2.24, 2.45) is 5.92 Å². The van der Waals surface area contributed by atoms with Gasteiger partial charge in [-0.2, -0.15) is 12.7 Å². The molecule has 7 heteroatoms. The van der Waals surface area contributed by atoms with E-state index in [1.165, 1.54) is 14.1 Å². The Labute approximate surface area is 125 Å². The molecule has 2 rings (SSSR count). The number of carbonyl (C=O) groups excluding carboxylic acids is 1. The smallest absolute Gasteiger partial charge is 0.278 e. The third-order valence-electron chi connectivity index (χ3n) is 3.55. The second kappa shape index (κ2) is 6.55. The summed E-state index contributed by atoms with van der Waals surface area (Å²) < 4.78 is 27.0. The molecule has 0 unspecified atom stereocenters. The van der Waals surface area contributed by atoms with E-state index < -0.39 is 10.2 Å². The van der Waals surface area contributed by atoms with Gasteiger partial charge in [-0.05, 0) is 11.5 Å². The molecule has 0 bridgehead atoms. The predicted octanol–water partition coefficient (Wildman–Crippen LogP) is 0.431. The first-order valence-corrected chi connectivity index (χ1v) is 8.31. The lowest BCUT2D eigenvalue weighted by Gasteiger charge is -2.18. The Morgan fingerprint density at radius 2 is 1.95 bits per heavy atom. The van der Waals surface area contributed by atoms with E-state index in [0.29, 0.717) is 19.5 Å². The highest BCUT2D eigenvalue weighted by molar-refractivity contribution is 7.87. The van der Waals surface area contributed by atoms with Crippen LogP contribution in [0.25, 0.3) is 0 Å². The number of nitrogens with one attached hydrogen (secondary N) is 1. The molecule has 0 spiro atoms. The first-order valence-electron chi connectivity index (χ1n) is 6.87. The molecule has 0 aromatic heterocycles. The molecule has 0 aliphatic carbocycles. The average molecular weight is 311 g/mol. The summed E-state index contributed by atoms with van der Waals surface area (Å²) in [7, 11) is -0.474. The molecular weight excluding hydrogens is 290 g/mol. The van der Waals surface area contributed by atoms with Crippen molar-refractivity contribution in [3.8, 4) is 0 Å². The van der Waals surface area contributed by atoms with Crippen LogP contribution in [0.2, 0.25) is 0 Å². The second-order valence-electron chi connectivity index (χ2n) is 5.47. The van der Waals surface area contributed by atoms with Gasteiger partial charge >= 0.3 is 0 Å². The molecule has 1 atom stereocenters. The third kappa shape index (κ3) is 4.26. The number of nitrogens with zero attached hydrogens (tertiary/aromatic N) is 2. The van der Waals surface area contributed by atoms with Crippen molar-refractivity contribution in [1.82, 2.24) is 13.9 Å². The van der Waals surface area contributed by atoms with Crippen LogP contribution in [0.5, 0.6) is 0 Å². The van der Waals surface area contributed by atoms with Crippen LogP contribution in [0.4, 0.5) is 0 Å². The van der Waals surface area contributed by atoms with Crippen molar-refractivity contribution in [1.29, 1.82) is 0 Å². The fraction of sp³-hybridized carbons (Fsp3) is 0.500. The monoisotopic (exact) mass is 311 g/mol. The number of likely N-dealkylation sites (tertiary alicyclic amines) is 1. The fourth-order valence-electron chi connectivity index (χ4n) is 2.30. The molecule has 0 saturated carbocycles. The van der Waals surface area contributed by atoms with Gasteiger partial charge in [-0.25, -0.2) is 4.72 Å². The van der Waals surface area contributed by atoms with Crippen LogP contribution >= 0.6 is 0 Å². The lowest BCUT2D eigenvalue weighted by molar-refractivity contribution is -0.128. The highest BCUT2D eigenvalue weighted by atomic mass is 32.2. The van der Waals surface area contributed by atoms with Crippen molar-refractivity contribution in [2.45, 2.75) is 13.0 Å². The molecule has 21 heavy (non-hydrogen) atoms. The summed E-state index contributed by atoms with van der Waals surface area (Å²) in [5.74, 6) is 0.101. The van der Waals surface area contributed by atoms with Crippen molar-refractivity contribution < 1.29 is 13.2 Å². The van der Waals surface area contributed by atoms with Gasteiger partial charge in [0.05, 0.1) is 0 Å². The van der Waals surface area contributed by atoms with E-state index >= 15 is 0 Å². The Balaban J connectivity index is 1.88. The zero-order chi connectivity index (χ0) is 15.5. The summed E-state index contributed by atoms with van der Waals surface area (Å²) in [6.07, 6.45) is 0.392. The van der Waals surface area contributed by atoms with Gasteiger partial charge in [0.15, 0.2) is 0 Å². The van der Waals surface area contributed by atoms with Crippen molar-refractivity contribution >= 4 is 16.1 Å². The number of amides is 1. The third-order valence-corrected chi connectivity index (χ3v) is 5.04. The minimum Gasteiger partial charge on any atom is -0.338 e. The van der Waals surface area contributed by atoms with E-state index in [0.717, 1.165) is 9.87 Å². The van der Waals surface area contributed by atoms with E-state index in [1.807, 2.05) is 30.3 Å². The largest absolute Gasteiger partial charge is 0.338 e. The van der Waals surface area contributed by atoms with E-state index in [4.69, 9.17) is 0 Å². The van der Waals surface area contributed by atoms with Crippen LogP contribution in [0.3, 0.4) is 0 Å². The maximum atomic E-state index is 12.0. The molecule has 6 nitrogen and oxygen atoms in total. The summed E-state index contributed by atoms with van der Waals surface area (Å²) in [5.41, 5.74) is 1.08. The standard InChI is InChI=1S/C14H21N3O3S/c1-16(2)21(19,20)15-9-13-8-14(18)17(11-13)10-12-6-4-3-5-7-12/h3-7,13,15H,8-11H2,1-2H3/t13-/m0/s1. The summed E-state index contributed by atoms with van der Waals surface area (Å²) in [6.45, 7) is 1.46. The highest BCUT2D eigenvalue weighted by Crippen LogP contribution is 2.19. The zero-order valence-electron chi connectivity index (χ0n) is 12.3. The molecular formula is C14H21N3O3S. The normalized spacial score (nSPS) is 19.5. The Morgan fingerprint density at radius 1 is 1.29 bits per heavy atom. The average Bonchev–Trinajstić information content (AvgIpc) is 2.78. The molecule has 1 aliphatic heterocycles. The Hall–Kier alpha value is -1.44. The maximum Gasteiger partial charge on any atom is 0.278 e. The van der Waals surface area contributed by atoms with Crippen molar-refractivity contribution in [2.75, 3.05) is 27.2 Å². The van der Waals surface area contributed by atoms with Crippen LogP contribution in [0.1, 0.15) is 12.0 Å². The van der Waals surface area contributed by atoms with Crippen LogP contribution in [-0.4, -0.2) is 50.7 Å². The molecule has 1 N–H and O–H groups in total. The van der Waals surface area contributed by atoms with E-state index in [1.54, 1.807) is 4.90 Å². The SMILES string of the molecule is CN(C)S(=O)(=O)NC[C@@H]1CC(=O)N(Cc2ccccc2)C1. The van der Waals surface area contributed by atoms with Crippen LogP contribution in [-0.2, 0) is 21.5 Å². The van der Waals surface area contributed by atoms with Crippen LogP contribution < -0.4 is 4.72 Å². The van der Waals surface area contributed by atoms with Crippen LogP contribution in [0, 0.1) is 5.92 Å². The van der Waals surface area contributed by atoms with Crippen LogP contribution in [0.15, 0.2) is 30.3 Å². The zero-order valence-corrected chi connectivity index (χ0v) is 13.1. The minimum atomic E-state index is -3.43. The van der Waals surface area contributed by atoms with Crippen molar-refractivity contribution in [3.05, 3.63) is 35.9 Å². The van der Waals surface area contributed by atoms with E-state index in [-0.39, 0.29) is 18.4 Å². The molecule has 116 valence electrons. The highest BCUT2D eigenvalue weighted by Gasteiger charge is 2.30. The molecule has 1 aliphatic rings. The van der Waals surface area contributed by atoms with Gasteiger partial charge in [0.25, 0.3) is 10.2 Å². The first kappa shape index (κ1) is 15.9.